The number of hydrogen-bond donors (Lipinski definition) is 1. The molecule has 110 valence electrons. The molecule has 0 saturated heterocycles. The maximum Gasteiger partial charge on any atom is 0.257 e. The summed E-state index contributed by atoms with van der Waals surface area (Å²) in [6.45, 7) is 2.94. The average molecular weight is 275 g/mol. The highest BCUT2D eigenvalue weighted by atomic mass is 16.2. The Morgan fingerprint density at radius 1 is 1.40 bits per heavy atom. The second-order valence-corrected chi connectivity index (χ2v) is 5.53. The standard InChI is InChI=1S/C16H25N3O/c1-3-11-17-15-14(10-7-12-18-15)16(20)19(2)13-8-5-4-6-9-13/h7,10,12-13H,3-6,8-9,11H2,1-2H3,(H,17,18). The zero-order chi connectivity index (χ0) is 14.4. The molecule has 4 nitrogen and oxygen atoms in total. The van der Waals surface area contributed by atoms with Crippen molar-refractivity contribution in [1.29, 1.82) is 0 Å². The molecule has 0 aliphatic heterocycles. The van der Waals surface area contributed by atoms with E-state index >= 15 is 0 Å². The van der Waals surface area contributed by atoms with Crippen LogP contribution in [0.3, 0.4) is 0 Å². The number of aromatic nitrogens is 1. The lowest BCUT2D eigenvalue weighted by molar-refractivity contribution is 0.0697. The quantitative estimate of drug-likeness (QED) is 0.896. The number of amides is 1. The topological polar surface area (TPSA) is 45.2 Å². The summed E-state index contributed by atoms with van der Waals surface area (Å²) in [4.78, 5) is 18.9. The fraction of sp³-hybridized carbons (Fsp3) is 0.625. The Labute approximate surface area is 121 Å². The first-order chi connectivity index (χ1) is 9.74. The molecule has 0 spiro atoms. The maximum absolute atomic E-state index is 12.7. The first kappa shape index (κ1) is 14.8. The summed E-state index contributed by atoms with van der Waals surface area (Å²) in [5.74, 6) is 0.797. The fourth-order valence-electron chi connectivity index (χ4n) is 2.79. The van der Waals surface area contributed by atoms with Gasteiger partial charge in [-0.05, 0) is 31.4 Å². The Kier molecular flexibility index (Phi) is 5.39. The van der Waals surface area contributed by atoms with Crippen molar-refractivity contribution in [3.05, 3.63) is 23.9 Å². The van der Waals surface area contributed by atoms with Gasteiger partial charge in [0, 0.05) is 25.8 Å². The molecule has 1 fully saturated rings. The Hall–Kier alpha value is -1.58. The first-order valence-electron chi connectivity index (χ1n) is 7.70. The second kappa shape index (κ2) is 7.27. The van der Waals surface area contributed by atoms with Crippen LogP contribution in [0.4, 0.5) is 5.82 Å². The molecular formula is C16H25N3O. The molecule has 1 heterocycles. The summed E-state index contributed by atoms with van der Waals surface area (Å²) < 4.78 is 0. The van der Waals surface area contributed by atoms with E-state index in [1.165, 1.54) is 19.3 Å². The Balaban J connectivity index is 2.11. The third kappa shape index (κ3) is 3.50. The third-order valence-corrected chi connectivity index (χ3v) is 4.02. The number of rotatable bonds is 5. The molecule has 2 rings (SSSR count). The Bertz CT molecular complexity index is 441. The van der Waals surface area contributed by atoms with Crippen molar-refractivity contribution < 1.29 is 4.79 Å². The summed E-state index contributed by atoms with van der Waals surface area (Å²) in [5.41, 5.74) is 0.689. The number of nitrogens with zero attached hydrogens (tertiary/aromatic N) is 2. The van der Waals surface area contributed by atoms with Crippen molar-refractivity contribution in [1.82, 2.24) is 9.88 Å². The first-order valence-corrected chi connectivity index (χ1v) is 7.70. The van der Waals surface area contributed by atoms with Crippen molar-refractivity contribution in [2.45, 2.75) is 51.5 Å². The lowest BCUT2D eigenvalue weighted by atomic mass is 9.94. The molecule has 1 aromatic heterocycles. The molecule has 20 heavy (non-hydrogen) atoms. The van der Waals surface area contributed by atoms with E-state index in [-0.39, 0.29) is 5.91 Å². The summed E-state index contributed by atoms with van der Waals surface area (Å²) in [6, 6.07) is 4.08. The van der Waals surface area contributed by atoms with E-state index in [1.807, 2.05) is 24.1 Å². The Morgan fingerprint density at radius 2 is 2.15 bits per heavy atom. The van der Waals surface area contributed by atoms with Crippen LogP contribution in [0.15, 0.2) is 18.3 Å². The number of hydrogen-bond acceptors (Lipinski definition) is 3. The minimum atomic E-state index is 0.0867. The van der Waals surface area contributed by atoms with Crippen LogP contribution in [0, 0.1) is 0 Å². The highest BCUT2D eigenvalue weighted by Gasteiger charge is 2.24. The van der Waals surface area contributed by atoms with E-state index in [0.717, 1.165) is 25.8 Å². The van der Waals surface area contributed by atoms with Crippen molar-refractivity contribution in [2.75, 3.05) is 18.9 Å². The molecule has 1 aliphatic carbocycles. The predicted molar refractivity (Wildman–Crippen MR) is 82.0 cm³/mol. The largest absolute Gasteiger partial charge is 0.369 e. The monoisotopic (exact) mass is 275 g/mol. The maximum atomic E-state index is 12.7. The number of nitrogens with one attached hydrogen (secondary N) is 1. The molecule has 0 bridgehead atoms. The van der Waals surface area contributed by atoms with Gasteiger partial charge in [0.1, 0.15) is 5.82 Å². The lowest BCUT2D eigenvalue weighted by Gasteiger charge is -2.31. The van der Waals surface area contributed by atoms with Gasteiger partial charge in [0.25, 0.3) is 5.91 Å². The van der Waals surface area contributed by atoms with Gasteiger partial charge in [0.05, 0.1) is 5.56 Å². The van der Waals surface area contributed by atoms with Gasteiger partial charge < -0.3 is 10.2 Å². The van der Waals surface area contributed by atoms with Crippen molar-refractivity contribution in [3.8, 4) is 0 Å². The molecule has 0 atom stereocenters. The molecule has 0 radical (unpaired) electrons. The minimum absolute atomic E-state index is 0.0867. The lowest BCUT2D eigenvalue weighted by Crippen LogP contribution is -2.38. The zero-order valence-corrected chi connectivity index (χ0v) is 12.6. The van der Waals surface area contributed by atoms with Crippen LogP contribution in [0.2, 0.25) is 0 Å². The average Bonchev–Trinajstić information content (AvgIpc) is 2.52. The normalized spacial score (nSPS) is 15.9. The van der Waals surface area contributed by atoms with Crippen LogP contribution in [0.1, 0.15) is 55.8 Å². The van der Waals surface area contributed by atoms with Crippen molar-refractivity contribution in [3.63, 3.8) is 0 Å². The fourth-order valence-corrected chi connectivity index (χ4v) is 2.79. The highest BCUT2D eigenvalue weighted by Crippen LogP contribution is 2.24. The summed E-state index contributed by atoms with van der Waals surface area (Å²) in [6.07, 6.45) is 8.76. The van der Waals surface area contributed by atoms with Gasteiger partial charge in [-0.15, -0.1) is 0 Å². The van der Waals surface area contributed by atoms with Crippen LogP contribution < -0.4 is 5.32 Å². The van der Waals surface area contributed by atoms with E-state index in [0.29, 0.717) is 17.4 Å². The molecule has 0 aromatic carbocycles. The number of pyridine rings is 1. The highest BCUT2D eigenvalue weighted by molar-refractivity contribution is 5.98. The van der Waals surface area contributed by atoms with Gasteiger partial charge in [-0.2, -0.15) is 0 Å². The molecule has 1 amide bonds. The third-order valence-electron chi connectivity index (χ3n) is 4.02. The van der Waals surface area contributed by atoms with E-state index < -0.39 is 0 Å². The minimum Gasteiger partial charge on any atom is -0.369 e. The second-order valence-electron chi connectivity index (χ2n) is 5.53. The van der Waals surface area contributed by atoms with Crippen molar-refractivity contribution >= 4 is 11.7 Å². The van der Waals surface area contributed by atoms with Gasteiger partial charge in [-0.25, -0.2) is 4.98 Å². The van der Waals surface area contributed by atoms with E-state index in [2.05, 4.69) is 17.2 Å². The van der Waals surface area contributed by atoms with Crippen LogP contribution in [0.5, 0.6) is 0 Å². The number of carbonyl (C=O) groups excluding carboxylic acids is 1. The van der Waals surface area contributed by atoms with Gasteiger partial charge in [0.2, 0.25) is 0 Å². The van der Waals surface area contributed by atoms with Crippen LogP contribution >= 0.6 is 0 Å². The number of carbonyl (C=O) groups is 1. The smallest absolute Gasteiger partial charge is 0.257 e. The predicted octanol–water partition coefficient (Wildman–Crippen LogP) is 3.31. The van der Waals surface area contributed by atoms with E-state index in [9.17, 15) is 4.79 Å². The van der Waals surface area contributed by atoms with Gasteiger partial charge in [0.15, 0.2) is 0 Å². The SMILES string of the molecule is CCCNc1ncccc1C(=O)N(C)C1CCCCC1. The van der Waals surface area contributed by atoms with Crippen molar-refractivity contribution in [2.24, 2.45) is 0 Å². The molecule has 4 heteroatoms. The summed E-state index contributed by atoms with van der Waals surface area (Å²) in [7, 11) is 1.93. The van der Waals surface area contributed by atoms with Crippen LogP contribution in [-0.2, 0) is 0 Å². The molecule has 1 aliphatic rings. The van der Waals surface area contributed by atoms with E-state index in [4.69, 9.17) is 0 Å². The molecule has 0 unspecified atom stereocenters. The summed E-state index contributed by atoms with van der Waals surface area (Å²) in [5, 5.41) is 3.24. The van der Waals surface area contributed by atoms with Gasteiger partial charge in [-0.3, -0.25) is 4.79 Å². The molecule has 1 saturated carbocycles. The molecular weight excluding hydrogens is 250 g/mol. The number of anilines is 1. The molecule has 1 aromatic rings. The van der Waals surface area contributed by atoms with Crippen LogP contribution in [-0.4, -0.2) is 35.4 Å². The van der Waals surface area contributed by atoms with Crippen LogP contribution in [0.25, 0.3) is 0 Å². The van der Waals surface area contributed by atoms with E-state index in [1.54, 1.807) is 6.20 Å². The molecule has 1 N–H and O–H groups in total. The van der Waals surface area contributed by atoms with Gasteiger partial charge >= 0.3 is 0 Å². The Morgan fingerprint density at radius 3 is 2.85 bits per heavy atom. The zero-order valence-electron chi connectivity index (χ0n) is 12.6. The summed E-state index contributed by atoms with van der Waals surface area (Å²) >= 11 is 0. The van der Waals surface area contributed by atoms with Gasteiger partial charge in [-0.1, -0.05) is 26.2 Å².